The first-order valence-corrected chi connectivity index (χ1v) is 10.9. The lowest BCUT2D eigenvalue weighted by atomic mass is 9.81. The van der Waals surface area contributed by atoms with Crippen LogP contribution in [0.2, 0.25) is 0 Å². The number of nitrogens with one attached hydrogen (secondary N) is 4. The van der Waals surface area contributed by atoms with Crippen LogP contribution in [-0.2, 0) is 4.79 Å². The second-order valence-corrected chi connectivity index (χ2v) is 8.68. The van der Waals surface area contributed by atoms with Crippen LogP contribution in [0.1, 0.15) is 39.5 Å². The smallest absolute Gasteiger partial charge is 0.226 e. The van der Waals surface area contributed by atoms with E-state index in [0.717, 1.165) is 59.4 Å². The Morgan fingerprint density at radius 3 is 2.78 bits per heavy atom. The van der Waals surface area contributed by atoms with Crippen LogP contribution >= 0.6 is 0 Å². The average molecular weight is 434 g/mol. The summed E-state index contributed by atoms with van der Waals surface area (Å²) >= 11 is 0. The molecule has 1 aliphatic carbocycles. The van der Waals surface area contributed by atoms with Crippen molar-refractivity contribution < 1.29 is 4.79 Å². The van der Waals surface area contributed by atoms with Gasteiger partial charge in [0.25, 0.3) is 0 Å². The number of carbonyl (C=O) groups is 1. The molecule has 4 N–H and O–H groups in total. The minimum Gasteiger partial charge on any atom is -0.372 e. The number of hydrogen-bond acceptors (Lipinski definition) is 7. The number of aromatic amines is 1. The molecule has 10 heteroatoms. The summed E-state index contributed by atoms with van der Waals surface area (Å²) in [6, 6.07) is 4.07. The van der Waals surface area contributed by atoms with Gasteiger partial charge >= 0.3 is 0 Å². The quantitative estimate of drug-likeness (QED) is 0.381. The highest BCUT2D eigenvalue weighted by atomic mass is 16.1. The van der Waals surface area contributed by atoms with E-state index in [1.165, 1.54) is 0 Å². The minimum absolute atomic E-state index is 0.0239. The molecule has 4 aromatic heterocycles. The van der Waals surface area contributed by atoms with Crippen LogP contribution in [-0.4, -0.2) is 54.1 Å². The van der Waals surface area contributed by atoms with E-state index in [4.69, 9.17) is 15.0 Å². The lowest BCUT2D eigenvalue weighted by Gasteiger charge is -2.38. The van der Waals surface area contributed by atoms with Gasteiger partial charge in [0.1, 0.15) is 11.5 Å². The fourth-order valence-electron chi connectivity index (χ4n) is 4.57. The first-order valence-electron chi connectivity index (χ1n) is 10.9. The number of anilines is 2. The van der Waals surface area contributed by atoms with Crippen LogP contribution < -0.4 is 16.0 Å². The van der Waals surface area contributed by atoms with E-state index in [-0.39, 0.29) is 17.5 Å². The predicted molar refractivity (Wildman–Crippen MR) is 124 cm³/mol. The summed E-state index contributed by atoms with van der Waals surface area (Å²) in [4.78, 5) is 28.9. The number of aromatic nitrogens is 6. The van der Waals surface area contributed by atoms with Gasteiger partial charge in [0, 0.05) is 49.6 Å². The summed E-state index contributed by atoms with van der Waals surface area (Å²) < 4.78 is 1.73. The zero-order chi connectivity index (χ0) is 22.3. The van der Waals surface area contributed by atoms with Gasteiger partial charge < -0.3 is 20.9 Å². The van der Waals surface area contributed by atoms with Crippen molar-refractivity contribution in [3.05, 3.63) is 30.7 Å². The predicted octanol–water partition coefficient (Wildman–Crippen LogP) is 2.96. The summed E-state index contributed by atoms with van der Waals surface area (Å²) in [5.74, 6) is 1.35. The van der Waals surface area contributed by atoms with Crippen LogP contribution in [0, 0.1) is 0 Å². The third-order valence-electron chi connectivity index (χ3n) is 6.20. The first kappa shape index (κ1) is 20.2. The molecule has 0 saturated heterocycles. The molecule has 5 rings (SSSR count). The van der Waals surface area contributed by atoms with Gasteiger partial charge in [0.05, 0.1) is 17.3 Å². The zero-order valence-electron chi connectivity index (χ0n) is 18.4. The molecule has 0 atom stereocenters. The van der Waals surface area contributed by atoms with Crippen molar-refractivity contribution in [3.8, 4) is 11.3 Å². The molecule has 0 aromatic carbocycles. The Labute approximate surface area is 185 Å². The van der Waals surface area contributed by atoms with Crippen molar-refractivity contribution in [1.82, 2.24) is 34.9 Å². The molecule has 1 saturated carbocycles. The topological polar surface area (TPSA) is 125 Å². The van der Waals surface area contributed by atoms with Gasteiger partial charge in [-0.05, 0) is 38.7 Å². The molecule has 1 aliphatic rings. The fourth-order valence-corrected chi connectivity index (χ4v) is 4.57. The van der Waals surface area contributed by atoms with Crippen LogP contribution in [0.3, 0.4) is 0 Å². The Bertz CT molecular complexity index is 1280. The van der Waals surface area contributed by atoms with E-state index in [2.05, 4.69) is 33.0 Å². The summed E-state index contributed by atoms with van der Waals surface area (Å²) in [5.41, 5.74) is 3.16. The number of carbonyl (C=O) groups excluding carboxylic acids is 1. The maximum Gasteiger partial charge on any atom is 0.226 e. The van der Waals surface area contributed by atoms with Gasteiger partial charge in [0.15, 0.2) is 5.65 Å². The molecule has 4 aromatic rings. The standard InChI is InChI=1S/C22H27N9O/c1-13(32)30-22(2)8-4-14(5-9-22)26-21-28-19(23-3)18-15(12-24-20(18)29-21)16-7-11-31-17(27-16)6-10-25-31/h6-7,10-12,14H,4-5,8-9H2,1-3H3,(H,30,32)(H3,23,24,26,28,29)/t14-,22+. The summed E-state index contributed by atoms with van der Waals surface area (Å²) in [6.45, 7) is 3.69. The highest BCUT2D eigenvalue weighted by molar-refractivity contribution is 6.00. The number of rotatable bonds is 5. The largest absolute Gasteiger partial charge is 0.372 e. The second kappa shape index (κ2) is 7.77. The molecule has 1 fully saturated rings. The van der Waals surface area contributed by atoms with E-state index >= 15 is 0 Å². The Kier molecular flexibility index (Phi) is 4.91. The van der Waals surface area contributed by atoms with Crippen molar-refractivity contribution in [2.75, 3.05) is 17.7 Å². The van der Waals surface area contributed by atoms with Gasteiger partial charge in [-0.15, -0.1) is 0 Å². The highest BCUT2D eigenvalue weighted by Gasteiger charge is 2.32. The highest BCUT2D eigenvalue weighted by Crippen LogP contribution is 2.33. The first-order chi connectivity index (χ1) is 15.4. The monoisotopic (exact) mass is 433 g/mol. The molecule has 32 heavy (non-hydrogen) atoms. The molecular formula is C22H27N9O. The zero-order valence-corrected chi connectivity index (χ0v) is 18.4. The Balaban J connectivity index is 1.40. The molecule has 0 unspecified atom stereocenters. The molecule has 1 amide bonds. The van der Waals surface area contributed by atoms with Crippen molar-refractivity contribution in [3.63, 3.8) is 0 Å². The lowest BCUT2D eigenvalue weighted by molar-refractivity contribution is -0.121. The van der Waals surface area contributed by atoms with E-state index in [9.17, 15) is 4.79 Å². The van der Waals surface area contributed by atoms with Gasteiger partial charge in [0.2, 0.25) is 11.9 Å². The van der Waals surface area contributed by atoms with Crippen molar-refractivity contribution in [2.24, 2.45) is 0 Å². The Morgan fingerprint density at radius 2 is 2.03 bits per heavy atom. The molecule has 166 valence electrons. The summed E-state index contributed by atoms with van der Waals surface area (Å²) in [6.07, 6.45) is 9.26. The number of nitrogens with zero attached hydrogens (tertiary/aromatic N) is 5. The molecule has 10 nitrogen and oxygen atoms in total. The normalized spacial score (nSPS) is 21.0. The number of H-pyrrole nitrogens is 1. The van der Waals surface area contributed by atoms with Crippen molar-refractivity contribution in [2.45, 2.75) is 51.1 Å². The van der Waals surface area contributed by atoms with Gasteiger partial charge in [-0.3, -0.25) is 4.79 Å². The molecular weight excluding hydrogens is 406 g/mol. The third kappa shape index (κ3) is 3.72. The summed E-state index contributed by atoms with van der Waals surface area (Å²) in [5, 5.41) is 14.9. The van der Waals surface area contributed by atoms with Crippen molar-refractivity contribution in [1.29, 1.82) is 0 Å². The third-order valence-corrected chi connectivity index (χ3v) is 6.20. The van der Waals surface area contributed by atoms with Gasteiger partial charge in [-0.2, -0.15) is 15.1 Å². The van der Waals surface area contributed by atoms with Crippen LogP contribution in [0.25, 0.3) is 27.9 Å². The van der Waals surface area contributed by atoms with Crippen molar-refractivity contribution >= 4 is 34.4 Å². The molecule has 0 spiro atoms. The summed E-state index contributed by atoms with van der Waals surface area (Å²) in [7, 11) is 1.86. The van der Waals surface area contributed by atoms with E-state index in [1.807, 2.05) is 31.6 Å². The maximum atomic E-state index is 11.5. The second-order valence-electron chi connectivity index (χ2n) is 8.68. The molecule has 0 radical (unpaired) electrons. The Hall–Kier alpha value is -3.69. The maximum absolute atomic E-state index is 11.5. The van der Waals surface area contributed by atoms with E-state index < -0.39 is 0 Å². The molecule has 0 bridgehead atoms. The van der Waals surface area contributed by atoms with E-state index in [1.54, 1.807) is 17.6 Å². The van der Waals surface area contributed by atoms with Crippen LogP contribution in [0.4, 0.5) is 11.8 Å². The van der Waals surface area contributed by atoms with Crippen LogP contribution in [0.15, 0.2) is 30.7 Å². The average Bonchev–Trinajstić information content (AvgIpc) is 3.40. The number of fused-ring (bicyclic) bond motifs is 2. The van der Waals surface area contributed by atoms with Gasteiger partial charge in [-0.25, -0.2) is 9.50 Å². The fraction of sp³-hybridized carbons (Fsp3) is 0.409. The SMILES string of the molecule is CNc1nc(N[C@H]2CC[C@@](C)(NC(C)=O)CC2)nc2[nH]cc(-c3ccn4nccc4n3)c12. The number of amides is 1. The number of hydrogen-bond donors (Lipinski definition) is 4. The Morgan fingerprint density at radius 1 is 1.22 bits per heavy atom. The van der Waals surface area contributed by atoms with E-state index in [0.29, 0.717) is 5.95 Å². The lowest BCUT2D eigenvalue weighted by Crippen LogP contribution is -2.49. The van der Waals surface area contributed by atoms with Crippen LogP contribution in [0.5, 0.6) is 0 Å². The molecule has 4 heterocycles. The van der Waals surface area contributed by atoms with Gasteiger partial charge in [-0.1, -0.05) is 0 Å². The minimum atomic E-state index is -0.136. The molecule has 0 aliphatic heterocycles.